The van der Waals surface area contributed by atoms with E-state index in [-0.39, 0.29) is 5.76 Å². The SMILES string of the molecule is O=C(NC(C(Cl)(Cl)Cl)P(=O)(O)O)c1ccco1. The lowest BCUT2D eigenvalue weighted by atomic mass is 10.4. The van der Waals surface area contributed by atoms with Crippen molar-refractivity contribution in [3.63, 3.8) is 0 Å². The maximum atomic E-state index is 11.5. The molecule has 6 nitrogen and oxygen atoms in total. The first-order chi connectivity index (χ1) is 7.62. The van der Waals surface area contributed by atoms with Gasteiger partial charge in [0.15, 0.2) is 11.5 Å². The van der Waals surface area contributed by atoms with E-state index in [1.807, 2.05) is 5.32 Å². The van der Waals surface area contributed by atoms with Crippen molar-refractivity contribution in [3.8, 4) is 0 Å². The molecule has 10 heteroatoms. The van der Waals surface area contributed by atoms with E-state index in [0.717, 1.165) is 0 Å². The van der Waals surface area contributed by atoms with E-state index >= 15 is 0 Å². The first kappa shape index (κ1) is 14.8. The van der Waals surface area contributed by atoms with Crippen molar-refractivity contribution >= 4 is 48.3 Å². The van der Waals surface area contributed by atoms with E-state index in [1.54, 1.807) is 0 Å². The van der Waals surface area contributed by atoms with Crippen LogP contribution in [0.4, 0.5) is 0 Å². The first-order valence-electron chi connectivity index (χ1n) is 4.08. The molecule has 1 unspecified atom stereocenters. The zero-order valence-corrected chi connectivity index (χ0v) is 11.2. The number of halogens is 3. The van der Waals surface area contributed by atoms with Gasteiger partial charge in [-0.05, 0) is 12.1 Å². The van der Waals surface area contributed by atoms with Gasteiger partial charge < -0.3 is 19.5 Å². The number of furan rings is 1. The third-order valence-corrected chi connectivity index (χ3v) is 3.96. The van der Waals surface area contributed by atoms with Crippen molar-refractivity contribution in [1.29, 1.82) is 0 Å². The Hall–Kier alpha value is -0.230. The van der Waals surface area contributed by atoms with Gasteiger partial charge in [0.2, 0.25) is 3.79 Å². The fourth-order valence-electron chi connectivity index (χ4n) is 0.960. The Labute approximate surface area is 111 Å². The molecule has 0 fully saturated rings. The van der Waals surface area contributed by atoms with E-state index in [1.165, 1.54) is 18.4 Å². The second kappa shape index (κ2) is 5.18. The molecular weight excluding hydrogens is 315 g/mol. The van der Waals surface area contributed by atoms with Gasteiger partial charge in [-0.15, -0.1) is 0 Å². The Balaban J connectivity index is 2.89. The van der Waals surface area contributed by atoms with Crippen molar-refractivity contribution in [2.75, 3.05) is 0 Å². The van der Waals surface area contributed by atoms with E-state index in [9.17, 15) is 9.36 Å². The number of carbonyl (C=O) groups is 1. The molecule has 1 aromatic heterocycles. The number of alkyl halides is 3. The molecule has 1 rings (SSSR count). The highest BCUT2D eigenvalue weighted by molar-refractivity contribution is 7.53. The van der Waals surface area contributed by atoms with Gasteiger partial charge >= 0.3 is 7.60 Å². The normalized spacial score (nSPS) is 14.4. The number of rotatable bonds is 3. The van der Waals surface area contributed by atoms with E-state index in [0.29, 0.717) is 0 Å². The number of nitrogens with one attached hydrogen (secondary N) is 1. The lowest BCUT2D eigenvalue weighted by Gasteiger charge is -2.25. The van der Waals surface area contributed by atoms with Crippen LogP contribution in [0.1, 0.15) is 10.6 Å². The van der Waals surface area contributed by atoms with Crippen LogP contribution in [0.3, 0.4) is 0 Å². The minimum absolute atomic E-state index is 0.155. The molecule has 1 aromatic rings. The van der Waals surface area contributed by atoms with Crippen LogP contribution in [0.5, 0.6) is 0 Å². The van der Waals surface area contributed by atoms with Crippen molar-refractivity contribution in [3.05, 3.63) is 24.2 Å². The maximum Gasteiger partial charge on any atom is 0.352 e. The second-order valence-electron chi connectivity index (χ2n) is 2.98. The molecular formula is C7H7Cl3NO5P. The standard InChI is InChI=1S/C7H7Cl3NO5P/c8-7(9,10)6(17(13,14)15)11-5(12)4-2-1-3-16-4/h1-3,6H,(H,11,12)(H2,13,14,15). The zero-order valence-electron chi connectivity index (χ0n) is 8.01. The van der Waals surface area contributed by atoms with Crippen LogP contribution >= 0.6 is 42.4 Å². The van der Waals surface area contributed by atoms with Crippen molar-refractivity contribution in [2.24, 2.45) is 0 Å². The molecule has 0 saturated carbocycles. The monoisotopic (exact) mass is 321 g/mol. The lowest BCUT2D eigenvalue weighted by molar-refractivity contribution is 0.0915. The van der Waals surface area contributed by atoms with E-state index in [2.05, 4.69) is 0 Å². The molecule has 3 N–H and O–H groups in total. The average molecular weight is 322 g/mol. The Kier molecular flexibility index (Phi) is 4.52. The molecule has 0 aliphatic rings. The lowest BCUT2D eigenvalue weighted by Crippen LogP contribution is -2.43. The number of hydrogen-bond donors (Lipinski definition) is 3. The van der Waals surface area contributed by atoms with Gasteiger partial charge in [0.25, 0.3) is 5.91 Å². The number of carbonyl (C=O) groups excluding carboxylic acids is 1. The summed E-state index contributed by atoms with van der Waals surface area (Å²) < 4.78 is 13.5. The summed E-state index contributed by atoms with van der Waals surface area (Å²) >= 11 is 16.1. The summed E-state index contributed by atoms with van der Waals surface area (Å²) in [5.41, 5.74) is 0. The van der Waals surface area contributed by atoms with Gasteiger partial charge in [0, 0.05) is 0 Å². The zero-order chi connectivity index (χ0) is 13.3. The fourth-order valence-corrected chi connectivity index (χ4v) is 2.93. The Morgan fingerprint density at radius 1 is 1.47 bits per heavy atom. The summed E-state index contributed by atoms with van der Waals surface area (Å²) in [6.07, 6.45) is 1.22. The largest absolute Gasteiger partial charge is 0.459 e. The van der Waals surface area contributed by atoms with Gasteiger partial charge in [-0.1, -0.05) is 34.8 Å². The van der Waals surface area contributed by atoms with Gasteiger partial charge in [-0.2, -0.15) is 0 Å². The van der Waals surface area contributed by atoms with Gasteiger partial charge in [0.1, 0.15) is 0 Å². The molecule has 96 valence electrons. The molecule has 1 atom stereocenters. The van der Waals surface area contributed by atoms with Gasteiger partial charge in [0.05, 0.1) is 6.26 Å². The Morgan fingerprint density at radius 3 is 2.41 bits per heavy atom. The minimum atomic E-state index is -4.82. The highest BCUT2D eigenvalue weighted by Crippen LogP contribution is 2.50. The van der Waals surface area contributed by atoms with Crippen LogP contribution in [-0.4, -0.2) is 25.3 Å². The quantitative estimate of drug-likeness (QED) is 0.583. The fraction of sp³-hybridized carbons (Fsp3) is 0.286. The van der Waals surface area contributed by atoms with E-state index < -0.39 is 23.1 Å². The van der Waals surface area contributed by atoms with Crippen LogP contribution in [0, 0.1) is 0 Å². The molecule has 1 amide bonds. The molecule has 0 radical (unpaired) electrons. The molecule has 0 bridgehead atoms. The summed E-state index contributed by atoms with van der Waals surface area (Å²) in [7, 11) is -4.82. The summed E-state index contributed by atoms with van der Waals surface area (Å²) in [4.78, 5) is 29.4. The third kappa shape index (κ3) is 4.17. The summed E-state index contributed by atoms with van der Waals surface area (Å²) in [5, 5.41) is 1.91. The van der Waals surface area contributed by atoms with E-state index in [4.69, 9.17) is 49.0 Å². The van der Waals surface area contributed by atoms with Crippen LogP contribution in [0.25, 0.3) is 0 Å². The highest BCUT2D eigenvalue weighted by atomic mass is 35.6. The maximum absolute atomic E-state index is 11.5. The third-order valence-electron chi connectivity index (χ3n) is 1.66. The highest BCUT2D eigenvalue weighted by Gasteiger charge is 2.46. The smallest absolute Gasteiger partial charge is 0.352 e. The molecule has 1 heterocycles. The van der Waals surface area contributed by atoms with Crippen LogP contribution in [-0.2, 0) is 4.57 Å². The van der Waals surface area contributed by atoms with Crippen LogP contribution < -0.4 is 5.32 Å². The van der Waals surface area contributed by atoms with Crippen LogP contribution in [0.2, 0.25) is 0 Å². The first-order valence-corrected chi connectivity index (χ1v) is 6.90. The molecule has 0 saturated heterocycles. The predicted octanol–water partition coefficient (Wildman–Crippen LogP) is 1.88. The van der Waals surface area contributed by atoms with Crippen molar-refractivity contribution < 1.29 is 23.6 Å². The molecule has 0 aromatic carbocycles. The topological polar surface area (TPSA) is 99.8 Å². The van der Waals surface area contributed by atoms with Crippen LogP contribution in [0.15, 0.2) is 22.8 Å². The minimum Gasteiger partial charge on any atom is -0.459 e. The summed E-state index contributed by atoms with van der Waals surface area (Å²) in [6, 6.07) is 2.72. The molecule has 0 aliphatic heterocycles. The summed E-state index contributed by atoms with van der Waals surface area (Å²) in [5.74, 6) is -3.01. The molecule has 0 aliphatic carbocycles. The Morgan fingerprint density at radius 2 is 2.06 bits per heavy atom. The molecule has 0 spiro atoms. The van der Waals surface area contributed by atoms with Gasteiger partial charge in [-0.3, -0.25) is 9.36 Å². The second-order valence-corrected chi connectivity index (χ2v) is 7.05. The number of amides is 1. The average Bonchev–Trinajstić information content (AvgIpc) is 2.62. The van der Waals surface area contributed by atoms with Crippen molar-refractivity contribution in [1.82, 2.24) is 5.32 Å². The summed E-state index contributed by atoms with van der Waals surface area (Å²) in [6.45, 7) is 0. The number of hydrogen-bond acceptors (Lipinski definition) is 3. The predicted molar refractivity (Wildman–Crippen MR) is 62.3 cm³/mol. The molecule has 17 heavy (non-hydrogen) atoms. The van der Waals surface area contributed by atoms with Gasteiger partial charge in [-0.25, -0.2) is 0 Å². The Bertz CT molecular complexity index is 437. The van der Waals surface area contributed by atoms with Crippen molar-refractivity contribution in [2.45, 2.75) is 9.58 Å².